The molecule has 9 heavy (non-hydrogen) atoms. The fourth-order valence-electron chi connectivity index (χ4n) is 0.552. The Kier molecular flexibility index (Phi) is 2.47. The summed E-state index contributed by atoms with van der Waals surface area (Å²) in [7, 11) is -0.203. The van der Waals surface area contributed by atoms with Gasteiger partial charge in [0.2, 0.25) is 0 Å². The van der Waals surface area contributed by atoms with Gasteiger partial charge in [0.25, 0.3) is 0 Å². The van der Waals surface area contributed by atoms with Crippen LogP contribution in [0.2, 0.25) is 5.02 Å². The van der Waals surface area contributed by atoms with Crippen LogP contribution in [0.15, 0.2) is 24.3 Å². The highest BCUT2D eigenvalue weighted by atomic mass is 35.5. The lowest BCUT2D eigenvalue weighted by Crippen LogP contribution is -1.92. The summed E-state index contributed by atoms with van der Waals surface area (Å²) >= 11 is 5.67. The Morgan fingerprint density at radius 1 is 1.33 bits per heavy atom. The van der Waals surface area contributed by atoms with Crippen LogP contribution in [-0.4, -0.2) is 4.89 Å². The Morgan fingerprint density at radius 3 is 2.44 bits per heavy atom. The summed E-state index contributed by atoms with van der Waals surface area (Å²) in [5.74, 6) is 0. The molecule has 1 aromatic rings. The monoisotopic (exact) mass is 160 g/mol. The third kappa shape index (κ3) is 1.65. The zero-order valence-electron chi connectivity index (χ0n) is 4.63. The van der Waals surface area contributed by atoms with E-state index < -0.39 is 0 Å². The second kappa shape index (κ2) is 3.17. The molecule has 1 atom stereocenters. The molecule has 3 heteroatoms. The van der Waals surface area contributed by atoms with Gasteiger partial charge in [0.05, 0.1) is 5.02 Å². The van der Waals surface area contributed by atoms with Crippen LogP contribution in [0.3, 0.4) is 0 Å². The molecular formula is C6H6ClOP. The molecule has 0 spiro atoms. The van der Waals surface area contributed by atoms with E-state index in [1.807, 2.05) is 12.1 Å². The Balaban J connectivity index is 3.01. The number of benzene rings is 1. The van der Waals surface area contributed by atoms with Crippen LogP contribution in [0.25, 0.3) is 0 Å². The highest BCUT2D eigenvalue weighted by Gasteiger charge is 1.93. The van der Waals surface area contributed by atoms with Crippen molar-refractivity contribution in [2.45, 2.75) is 0 Å². The highest BCUT2D eigenvalue weighted by Crippen LogP contribution is 2.12. The Morgan fingerprint density at radius 2 is 2.00 bits per heavy atom. The lowest BCUT2D eigenvalue weighted by molar-refractivity contribution is 0.655. The molecule has 0 aliphatic carbocycles. The van der Waals surface area contributed by atoms with Crippen LogP contribution in [-0.2, 0) is 0 Å². The highest BCUT2D eigenvalue weighted by molar-refractivity contribution is 7.41. The second-order valence-corrected chi connectivity index (χ2v) is 2.76. The molecule has 1 N–H and O–H groups in total. The molecule has 0 radical (unpaired) electrons. The summed E-state index contributed by atoms with van der Waals surface area (Å²) in [6.07, 6.45) is 0. The molecular weight excluding hydrogens is 154 g/mol. The maximum atomic E-state index is 8.66. The van der Waals surface area contributed by atoms with Crippen LogP contribution in [0.1, 0.15) is 0 Å². The van der Waals surface area contributed by atoms with Crippen molar-refractivity contribution in [3.63, 3.8) is 0 Å². The van der Waals surface area contributed by atoms with Gasteiger partial charge in [0.1, 0.15) is 0 Å². The minimum atomic E-state index is -0.203. The molecule has 0 heterocycles. The topological polar surface area (TPSA) is 20.2 Å². The SMILES string of the molecule is OPc1ccccc1Cl. The van der Waals surface area contributed by atoms with Gasteiger partial charge in [-0.2, -0.15) is 0 Å². The van der Waals surface area contributed by atoms with Crippen molar-refractivity contribution in [3.8, 4) is 0 Å². The molecule has 0 fully saturated rings. The van der Waals surface area contributed by atoms with Gasteiger partial charge < -0.3 is 4.89 Å². The molecule has 0 amide bonds. The summed E-state index contributed by atoms with van der Waals surface area (Å²) in [5.41, 5.74) is 0. The average Bonchev–Trinajstić information content (AvgIpc) is 1.89. The average molecular weight is 161 g/mol. The van der Waals surface area contributed by atoms with Crippen molar-refractivity contribution in [1.29, 1.82) is 0 Å². The fourth-order valence-corrected chi connectivity index (χ4v) is 1.18. The first kappa shape index (κ1) is 7.01. The van der Waals surface area contributed by atoms with Crippen LogP contribution < -0.4 is 5.30 Å². The predicted molar refractivity (Wildman–Crippen MR) is 41.6 cm³/mol. The van der Waals surface area contributed by atoms with E-state index in [0.29, 0.717) is 5.02 Å². The summed E-state index contributed by atoms with van der Waals surface area (Å²) in [5, 5.41) is 1.44. The quantitative estimate of drug-likeness (QED) is 0.618. The van der Waals surface area contributed by atoms with E-state index in [-0.39, 0.29) is 8.81 Å². The Hall–Kier alpha value is -0.100. The minimum absolute atomic E-state index is 0.203. The van der Waals surface area contributed by atoms with E-state index >= 15 is 0 Å². The molecule has 0 saturated carbocycles. The number of hydrogen-bond donors (Lipinski definition) is 1. The molecule has 1 rings (SSSR count). The summed E-state index contributed by atoms with van der Waals surface area (Å²) in [6, 6.07) is 7.26. The van der Waals surface area contributed by atoms with Gasteiger partial charge >= 0.3 is 0 Å². The third-order valence-electron chi connectivity index (χ3n) is 0.994. The molecule has 0 saturated heterocycles. The summed E-state index contributed by atoms with van der Waals surface area (Å²) in [6.45, 7) is 0. The Bertz CT molecular complexity index is 202. The van der Waals surface area contributed by atoms with Gasteiger partial charge in [-0.05, 0) is 6.07 Å². The molecule has 0 aromatic heterocycles. The number of rotatable bonds is 1. The van der Waals surface area contributed by atoms with E-state index in [9.17, 15) is 0 Å². The van der Waals surface area contributed by atoms with Gasteiger partial charge in [-0.1, -0.05) is 29.8 Å². The van der Waals surface area contributed by atoms with Crippen LogP contribution in [0.4, 0.5) is 0 Å². The standard InChI is InChI=1S/C6H6ClOP/c7-5-3-1-2-4-6(5)9-8/h1-4,8-9H. The van der Waals surface area contributed by atoms with Gasteiger partial charge in [0.15, 0.2) is 0 Å². The van der Waals surface area contributed by atoms with E-state index in [1.165, 1.54) is 0 Å². The van der Waals surface area contributed by atoms with E-state index in [0.717, 1.165) is 5.30 Å². The fraction of sp³-hybridized carbons (Fsp3) is 0. The third-order valence-corrected chi connectivity index (χ3v) is 2.16. The lowest BCUT2D eigenvalue weighted by atomic mass is 10.4. The van der Waals surface area contributed by atoms with Crippen molar-refractivity contribution in [2.75, 3.05) is 0 Å². The minimum Gasteiger partial charge on any atom is -0.372 e. The van der Waals surface area contributed by atoms with Crippen LogP contribution >= 0.6 is 20.4 Å². The Labute approximate surface area is 60.5 Å². The lowest BCUT2D eigenvalue weighted by Gasteiger charge is -1.95. The second-order valence-electron chi connectivity index (χ2n) is 1.59. The van der Waals surface area contributed by atoms with Gasteiger partial charge in [0, 0.05) is 14.1 Å². The van der Waals surface area contributed by atoms with Crippen molar-refractivity contribution in [3.05, 3.63) is 29.3 Å². The normalized spacial score (nSPS) is 10.9. The number of hydrogen-bond acceptors (Lipinski definition) is 1. The van der Waals surface area contributed by atoms with E-state index in [1.54, 1.807) is 12.1 Å². The largest absolute Gasteiger partial charge is 0.372 e. The van der Waals surface area contributed by atoms with E-state index in [2.05, 4.69) is 0 Å². The van der Waals surface area contributed by atoms with Gasteiger partial charge in [-0.25, -0.2) is 0 Å². The molecule has 1 unspecified atom stereocenters. The van der Waals surface area contributed by atoms with Crippen molar-refractivity contribution < 1.29 is 4.89 Å². The molecule has 1 aromatic carbocycles. The first-order valence-corrected chi connectivity index (χ1v) is 3.82. The molecule has 48 valence electrons. The van der Waals surface area contributed by atoms with Crippen LogP contribution in [0.5, 0.6) is 0 Å². The smallest absolute Gasteiger partial charge is 0.0502 e. The first-order chi connectivity index (χ1) is 4.34. The maximum absolute atomic E-state index is 8.66. The maximum Gasteiger partial charge on any atom is 0.0502 e. The first-order valence-electron chi connectivity index (χ1n) is 2.49. The summed E-state index contributed by atoms with van der Waals surface area (Å²) < 4.78 is 0. The predicted octanol–water partition coefficient (Wildman–Crippen LogP) is 1.55. The number of halogens is 1. The van der Waals surface area contributed by atoms with Gasteiger partial charge in [-0.15, -0.1) is 0 Å². The van der Waals surface area contributed by atoms with Crippen LogP contribution in [0, 0.1) is 0 Å². The van der Waals surface area contributed by atoms with Gasteiger partial charge in [-0.3, -0.25) is 0 Å². The zero-order chi connectivity index (χ0) is 6.69. The van der Waals surface area contributed by atoms with Crippen molar-refractivity contribution in [2.24, 2.45) is 0 Å². The molecule has 0 bridgehead atoms. The molecule has 0 aliphatic rings. The molecule has 0 aliphatic heterocycles. The van der Waals surface area contributed by atoms with Crippen molar-refractivity contribution >= 4 is 25.7 Å². The molecule has 1 nitrogen and oxygen atoms in total. The summed E-state index contributed by atoms with van der Waals surface area (Å²) in [4.78, 5) is 8.66. The van der Waals surface area contributed by atoms with E-state index in [4.69, 9.17) is 16.5 Å². The zero-order valence-corrected chi connectivity index (χ0v) is 6.39. The van der Waals surface area contributed by atoms with Crippen molar-refractivity contribution in [1.82, 2.24) is 0 Å².